The molecule has 4 atom stereocenters. The summed E-state index contributed by atoms with van der Waals surface area (Å²) in [7, 11) is 0. The van der Waals surface area contributed by atoms with Gasteiger partial charge in [0.1, 0.15) is 17.2 Å². The van der Waals surface area contributed by atoms with Crippen LogP contribution in [-0.2, 0) is 21.4 Å². The summed E-state index contributed by atoms with van der Waals surface area (Å²) in [6.07, 6.45) is 3.42. The zero-order chi connectivity index (χ0) is 34.5. The summed E-state index contributed by atoms with van der Waals surface area (Å²) in [6, 6.07) is 17.1. The van der Waals surface area contributed by atoms with Crippen LogP contribution in [0.3, 0.4) is 0 Å². The molecule has 11 nitrogen and oxygen atoms in total. The van der Waals surface area contributed by atoms with Crippen molar-refractivity contribution < 1.29 is 27.9 Å². The summed E-state index contributed by atoms with van der Waals surface area (Å²) >= 11 is 3.76. The molecule has 0 aliphatic carbocycles. The lowest BCUT2D eigenvalue weighted by Crippen LogP contribution is -2.40. The first kappa shape index (κ1) is 30.7. The number of nitrogens with one attached hydrogen (secondary N) is 3. The summed E-state index contributed by atoms with van der Waals surface area (Å²) in [4.78, 5) is 38.4. The van der Waals surface area contributed by atoms with Crippen molar-refractivity contribution in [1.29, 1.82) is 0 Å². The third kappa shape index (κ3) is 4.40. The third-order valence-electron chi connectivity index (χ3n) is 9.95. The number of carbonyl (C=O) groups excluding carboxylic acids is 2. The van der Waals surface area contributed by atoms with E-state index in [-0.39, 0.29) is 23.6 Å². The van der Waals surface area contributed by atoms with Crippen LogP contribution in [0.1, 0.15) is 62.1 Å². The lowest BCUT2D eigenvalue weighted by atomic mass is 9.72. The number of halogens is 1. The Bertz CT molecular complexity index is 2370. The van der Waals surface area contributed by atoms with Crippen LogP contribution in [0.5, 0.6) is 11.5 Å². The molecule has 3 aliphatic rings. The van der Waals surface area contributed by atoms with Crippen molar-refractivity contribution in [2.75, 3.05) is 5.32 Å². The number of aromatic amines is 1. The van der Waals surface area contributed by atoms with Gasteiger partial charge in [-0.15, -0.1) is 0 Å². The van der Waals surface area contributed by atoms with E-state index in [4.69, 9.17) is 28.3 Å². The molecular weight excluding hydrogens is 702 g/mol. The molecule has 3 aromatic heterocycles. The molecule has 1 spiro atoms. The summed E-state index contributed by atoms with van der Waals surface area (Å²) in [5, 5.41) is 7.64. The second-order valence-electron chi connectivity index (χ2n) is 13.5. The fourth-order valence-electron chi connectivity index (χ4n) is 7.61. The van der Waals surface area contributed by atoms with E-state index < -0.39 is 23.7 Å². The van der Waals surface area contributed by atoms with Gasteiger partial charge < -0.3 is 33.9 Å². The standard InChI is InChI=1S/C38H32BrN5O6/c1-17(2)29-36-43-32(35-41-16-28(48-35)22-15-40-30-21(22)7-5-10-27(30)47-19(4)45)33(50-36)38-23-8-6-9-25(39)31(23)44-37(38)49-26-12-11-20(14-24(26)38)13-18(3)34(46)42-29/h5-12,14-18,29,37,40,44H,13H2,1-4H3,(H,42,46)/t18-,29?,37?,38-/m0/s1. The number of esters is 1. The zero-order valence-electron chi connectivity index (χ0n) is 27.6. The molecule has 2 unspecified atom stereocenters. The molecule has 50 heavy (non-hydrogen) atoms. The maximum Gasteiger partial charge on any atom is 0.308 e. The predicted molar refractivity (Wildman–Crippen MR) is 188 cm³/mol. The minimum Gasteiger partial charge on any atom is -0.469 e. The SMILES string of the molecule is CC(=O)Oc1cccc2c(-c3cnc(-c4nc5oc4[C@]46c7cc(ccc7OC4Nc4c(Br)cccc46)C[C@H](C)C(=O)NC5C(C)C)o3)c[nH]c12. The quantitative estimate of drug-likeness (QED) is 0.123. The van der Waals surface area contributed by atoms with E-state index in [0.29, 0.717) is 46.5 Å². The molecule has 3 aliphatic heterocycles. The van der Waals surface area contributed by atoms with Gasteiger partial charge in [0.05, 0.1) is 17.4 Å². The number of rotatable bonds is 4. The van der Waals surface area contributed by atoms with E-state index >= 15 is 0 Å². The van der Waals surface area contributed by atoms with Crippen LogP contribution in [0.2, 0.25) is 0 Å². The minimum atomic E-state index is -0.979. The van der Waals surface area contributed by atoms with Crippen molar-refractivity contribution >= 4 is 44.4 Å². The Hall–Kier alpha value is -5.36. The molecule has 0 fully saturated rings. The number of ether oxygens (including phenoxy) is 2. The number of amides is 1. The van der Waals surface area contributed by atoms with E-state index in [1.165, 1.54) is 6.92 Å². The number of benzene rings is 3. The monoisotopic (exact) mass is 733 g/mol. The van der Waals surface area contributed by atoms with E-state index in [9.17, 15) is 9.59 Å². The Morgan fingerprint density at radius 3 is 2.74 bits per heavy atom. The highest BCUT2D eigenvalue weighted by atomic mass is 79.9. The number of oxazole rings is 2. The molecule has 6 aromatic rings. The lowest BCUT2D eigenvalue weighted by molar-refractivity contribution is -0.131. The van der Waals surface area contributed by atoms with Crippen molar-refractivity contribution in [3.05, 3.63) is 99.8 Å². The molecule has 252 valence electrons. The molecule has 6 heterocycles. The van der Waals surface area contributed by atoms with Crippen molar-refractivity contribution in [2.24, 2.45) is 11.8 Å². The first-order valence-electron chi connectivity index (χ1n) is 16.6. The summed E-state index contributed by atoms with van der Waals surface area (Å²) in [5.74, 6) is 1.86. The first-order chi connectivity index (χ1) is 24.1. The Morgan fingerprint density at radius 2 is 1.92 bits per heavy atom. The Balaban J connectivity index is 1.29. The van der Waals surface area contributed by atoms with Gasteiger partial charge in [-0.05, 0) is 52.0 Å². The lowest BCUT2D eigenvalue weighted by Gasteiger charge is -2.28. The van der Waals surface area contributed by atoms with Crippen molar-refractivity contribution in [3.8, 4) is 34.4 Å². The molecule has 12 heteroatoms. The largest absolute Gasteiger partial charge is 0.469 e. The molecule has 0 radical (unpaired) electrons. The summed E-state index contributed by atoms with van der Waals surface area (Å²) < 4.78 is 26.5. The van der Waals surface area contributed by atoms with Crippen LogP contribution >= 0.6 is 15.9 Å². The second kappa shape index (κ2) is 11.1. The van der Waals surface area contributed by atoms with Gasteiger partial charge in [0.25, 0.3) is 0 Å². The van der Waals surface area contributed by atoms with Gasteiger partial charge in [0.15, 0.2) is 29.2 Å². The second-order valence-corrected chi connectivity index (χ2v) is 14.4. The number of anilines is 1. The zero-order valence-corrected chi connectivity index (χ0v) is 29.2. The number of H-pyrrole nitrogens is 1. The van der Waals surface area contributed by atoms with Gasteiger partial charge in [-0.25, -0.2) is 9.97 Å². The number of hydrogen-bond acceptors (Lipinski definition) is 9. The van der Waals surface area contributed by atoms with E-state index in [0.717, 1.165) is 37.8 Å². The highest BCUT2D eigenvalue weighted by Crippen LogP contribution is 2.60. The minimum absolute atomic E-state index is 0.0455. The summed E-state index contributed by atoms with van der Waals surface area (Å²) in [5.41, 5.74) is 4.57. The maximum atomic E-state index is 13.6. The van der Waals surface area contributed by atoms with Crippen molar-refractivity contribution in [3.63, 3.8) is 0 Å². The average molecular weight is 735 g/mol. The molecule has 3 aromatic carbocycles. The van der Waals surface area contributed by atoms with Crippen LogP contribution in [0.15, 0.2) is 80.3 Å². The molecule has 4 bridgehead atoms. The Labute approximate surface area is 294 Å². The molecular formula is C38H32BrN5O6. The summed E-state index contributed by atoms with van der Waals surface area (Å²) in [6.45, 7) is 7.36. The Morgan fingerprint density at radius 1 is 1.08 bits per heavy atom. The maximum absolute atomic E-state index is 13.6. The van der Waals surface area contributed by atoms with Gasteiger partial charge >= 0.3 is 5.97 Å². The number of para-hydroxylation sites is 2. The predicted octanol–water partition coefficient (Wildman–Crippen LogP) is 7.65. The molecule has 0 saturated carbocycles. The third-order valence-corrected chi connectivity index (χ3v) is 10.6. The van der Waals surface area contributed by atoms with Gasteiger partial charge in [-0.2, -0.15) is 0 Å². The Kier molecular flexibility index (Phi) is 6.80. The fraction of sp³-hybridized carbons (Fsp3) is 0.263. The van der Waals surface area contributed by atoms with E-state index in [2.05, 4.69) is 43.7 Å². The van der Waals surface area contributed by atoms with Crippen LogP contribution in [0, 0.1) is 11.8 Å². The number of nitrogens with zero attached hydrogens (tertiary/aromatic N) is 2. The fourth-order valence-corrected chi connectivity index (χ4v) is 8.09. The van der Waals surface area contributed by atoms with Gasteiger partial charge in [0, 0.05) is 45.6 Å². The van der Waals surface area contributed by atoms with Crippen LogP contribution < -0.4 is 20.1 Å². The normalized spacial score (nSPS) is 21.9. The highest BCUT2D eigenvalue weighted by Gasteiger charge is 2.61. The molecule has 9 rings (SSSR count). The van der Waals surface area contributed by atoms with Crippen LogP contribution in [-0.4, -0.2) is 33.1 Å². The number of aromatic nitrogens is 3. The highest BCUT2D eigenvalue weighted by molar-refractivity contribution is 9.10. The number of fused-ring (bicyclic) bond motifs is 5. The smallest absolute Gasteiger partial charge is 0.308 e. The van der Waals surface area contributed by atoms with Crippen LogP contribution in [0.25, 0.3) is 33.8 Å². The van der Waals surface area contributed by atoms with E-state index in [1.54, 1.807) is 18.5 Å². The molecule has 3 N–H and O–H groups in total. The van der Waals surface area contributed by atoms with E-state index in [1.807, 2.05) is 57.2 Å². The number of carbonyl (C=O) groups is 2. The number of hydrogen-bond donors (Lipinski definition) is 3. The van der Waals surface area contributed by atoms with Gasteiger partial charge in [-0.1, -0.05) is 57.2 Å². The molecule has 1 amide bonds. The van der Waals surface area contributed by atoms with Crippen LogP contribution in [0.4, 0.5) is 5.69 Å². The van der Waals surface area contributed by atoms with Gasteiger partial charge in [-0.3, -0.25) is 9.59 Å². The average Bonchev–Trinajstić information content (AvgIpc) is 3.90. The van der Waals surface area contributed by atoms with Crippen molar-refractivity contribution in [1.82, 2.24) is 20.3 Å². The first-order valence-corrected chi connectivity index (χ1v) is 17.3. The van der Waals surface area contributed by atoms with Gasteiger partial charge in [0.2, 0.25) is 17.7 Å². The topological polar surface area (TPSA) is 145 Å². The molecule has 0 saturated heterocycles. The van der Waals surface area contributed by atoms with Crippen molar-refractivity contribution in [2.45, 2.75) is 51.8 Å².